The molecule has 0 fully saturated rings. The molecular weight excluding hydrogens is 348 g/mol. The van der Waals surface area contributed by atoms with Gasteiger partial charge in [-0.3, -0.25) is 9.79 Å². The fourth-order valence-electron chi connectivity index (χ4n) is 3.38. The van der Waals surface area contributed by atoms with Crippen molar-refractivity contribution in [3.63, 3.8) is 0 Å². The summed E-state index contributed by atoms with van der Waals surface area (Å²) in [5.74, 6) is 0.891. The summed E-state index contributed by atoms with van der Waals surface area (Å²) in [4.78, 5) is 17.8. The first kappa shape index (κ1) is 19.7. The summed E-state index contributed by atoms with van der Waals surface area (Å²) in [6.07, 6.45) is 4.22. The highest BCUT2D eigenvalue weighted by Crippen LogP contribution is 2.21. The molecule has 146 valence electrons. The third-order valence-corrected chi connectivity index (χ3v) is 4.84. The van der Waals surface area contributed by atoms with Gasteiger partial charge in [0.05, 0.1) is 0 Å². The fourth-order valence-corrected chi connectivity index (χ4v) is 3.38. The van der Waals surface area contributed by atoms with Crippen LogP contribution in [0.25, 0.3) is 5.57 Å². The number of nitrogens with zero attached hydrogens (tertiary/aromatic N) is 2. The average molecular weight is 377 g/mol. The number of carbonyl (C=O) groups excluding carboxylic acids is 1. The quantitative estimate of drug-likeness (QED) is 0.620. The van der Waals surface area contributed by atoms with E-state index in [4.69, 9.17) is 0 Å². The van der Waals surface area contributed by atoms with Crippen LogP contribution in [0, 0.1) is 0 Å². The van der Waals surface area contributed by atoms with E-state index in [2.05, 4.69) is 56.9 Å². The SMILES string of the molecule is CN=C(NCCc1ccc(NC(C)=O)cc1)N1CC=C(c2ccccc2)CC1. The van der Waals surface area contributed by atoms with Gasteiger partial charge >= 0.3 is 0 Å². The number of aliphatic imine (C=N–C) groups is 1. The van der Waals surface area contributed by atoms with Crippen molar-refractivity contribution in [3.05, 3.63) is 71.8 Å². The number of carbonyl (C=O) groups is 1. The molecule has 0 aromatic heterocycles. The molecule has 0 saturated carbocycles. The van der Waals surface area contributed by atoms with Crippen LogP contribution in [0.15, 0.2) is 65.7 Å². The van der Waals surface area contributed by atoms with E-state index in [9.17, 15) is 4.79 Å². The minimum absolute atomic E-state index is 0.0516. The van der Waals surface area contributed by atoms with Crippen LogP contribution in [0.2, 0.25) is 0 Å². The lowest BCUT2D eigenvalue weighted by molar-refractivity contribution is -0.114. The van der Waals surface area contributed by atoms with Gasteiger partial charge in [0, 0.05) is 39.3 Å². The van der Waals surface area contributed by atoms with Crippen molar-refractivity contribution in [1.82, 2.24) is 10.2 Å². The summed E-state index contributed by atoms with van der Waals surface area (Å²) in [6, 6.07) is 18.5. The lowest BCUT2D eigenvalue weighted by Crippen LogP contribution is -2.44. The second-order valence-electron chi connectivity index (χ2n) is 6.89. The van der Waals surface area contributed by atoms with Crippen molar-refractivity contribution >= 4 is 23.1 Å². The van der Waals surface area contributed by atoms with E-state index >= 15 is 0 Å². The molecule has 3 rings (SSSR count). The van der Waals surface area contributed by atoms with E-state index in [1.54, 1.807) is 0 Å². The molecule has 1 aliphatic heterocycles. The zero-order chi connectivity index (χ0) is 19.8. The van der Waals surface area contributed by atoms with Crippen LogP contribution >= 0.6 is 0 Å². The molecule has 5 nitrogen and oxygen atoms in total. The van der Waals surface area contributed by atoms with Crippen molar-refractivity contribution in [1.29, 1.82) is 0 Å². The molecule has 0 spiro atoms. The summed E-state index contributed by atoms with van der Waals surface area (Å²) in [6.45, 7) is 4.17. The average Bonchev–Trinajstić information content (AvgIpc) is 2.73. The predicted molar refractivity (Wildman–Crippen MR) is 116 cm³/mol. The van der Waals surface area contributed by atoms with Gasteiger partial charge in [0.2, 0.25) is 5.91 Å². The van der Waals surface area contributed by atoms with Crippen molar-refractivity contribution in [2.45, 2.75) is 19.8 Å². The number of anilines is 1. The fraction of sp³-hybridized carbons (Fsp3) is 0.304. The molecule has 28 heavy (non-hydrogen) atoms. The maximum atomic E-state index is 11.1. The van der Waals surface area contributed by atoms with Gasteiger partial charge in [0.25, 0.3) is 0 Å². The third kappa shape index (κ3) is 5.46. The van der Waals surface area contributed by atoms with Crippen LogP contribution in [0.5, 0.6) is 0 Å². The number of nitrogens with one attached hydrogen (secondary N) is 2. The van der Waals surface area contributed by atoms with E-state index in [-0.39, 0.29) is 5.91 Å². The molecule has 0 radical (unpaired) electrons. The minimum Gasteiger partial charge on any atom is -0.356 e. The Balaban J connectivity index is 1.49. The normalized spacial score (nSPS) is 14.4. The monoisotopic (exact) mass is 376 g/mol. The van der Waals surface area contributed by atoms with E-state index in [1.165, 1.54) is 23.6 Å². The van der Waals surface area contributed by atoms with Crippen molar-refractivity contribution in [2.75, 3.05) is 32.0 Å². The van der Waals surface area contributed by atoms with Crippen LogP contribution < -0.4 is 10.6 Å². The van der Waals surface area contributed by atoms with Gasteiger partial charge < -0.3 is 15.5 Å². The largest absolute Gasteiger partial charge is 0.356 e. The molecule has 5 heteroatoms. The molecule has 0 bridgehead atoms. The molecular formula is C23H28N4O. The van der Waals surface area contributed by atoms with Crippen LogP contribution in [-0.4, -0.2) is 43.4 Å². The Labute approximate surface area is 167 Å². The van der Waals surface area contributed by atoms with Crippen LogP contribution in [-0.2, 0) is 11.2 Å². The van der Waals surface area contributed by atoms with Gasteiger partial charge in [0.15, 0.2) is 5.96 Å². The minimum atomic E-state index is -0.0516. The number of amides is 1. The first-order chi connectivity index (χ1) is 13.7. The summed E-state index contributed by atoms with van der Waals surface area (Å²) < 4.78 is 0. The standard InChI is InChI=1S/C23H28N4O/c1-18(28)26-22-10-8-19(9-11-22)12-15-25-23(24-2)27-16-13-21(14-17-27)20-6-4-3-5-7-20/h3-11,13H,12,14-17H2,1-2H3,(H,24,25)(H,26,28). The van der Waals surface area contributed by atoms with Crippen molar-refractivity contribution in [2.24, 2.45) is 4.99 Å². The maximum Gasteiger partial charge on any atom is 0.221 e. The molecule has 2 N–H and O–H groups in total. The topological polar surface area (TPSA) is 56.7 Å². The van der Waals surface area contributed by atoms with Crippen LogP contribution in [0.3, 0.4) is 0 Å². The van der Waals surface area contributed by atoms with Gasteiger partial charge in [0.1, 0.15) is 0 Å². The molecule has 0 saturated heterocycles. The van der Waals surface area contributed by atoms with Gasteiger partial charge in [-0.2, -0.15) is 0 Å². The van der Waals surface area contributed by atoms with Gasteiger partial charge in [-0.1, -0.05) is 48.5 Å². The zero-order valence-electron chi connectivity index (χ0n) is 16.6. The third-order valence-electron chi connectivity index (χ3n) is 4.84. The molecule has 1 amide bonds. The number of guanidine groups is 1. The summed E-state index contributed by atoms with van der Waals surface area (Å²) in [5.41, 5.74) is 4.77. The molecule has 2 aromatic rings. The predicted octanol–water partition coefficient (Wildman–Crippen LogP) is 3.55. The van der Waals surface area contributed by atoms with Gasteiger partial charge in [-0.25, -0.2) is 0 Å². The van der Waals surface area contributed by atoms with Gasteiger partial charge in [-0.15, -0.1) is 0 Å². The Kier molecular flexibility index (Phi) is 6.84. The second kappa shape index (κ2) is 9.74. The maximum absolute atomic E-state index is 11.1. The van der Waals surface area contributed by atoms with Crippen molar-refractivity contribution < 1.29 is 4.79 Å². The molecule has 0 aliphatic carbocycles. The number of hydrogen-bond acceptors (Lipinski definition) is 2. The lowest BCUT2D eigenvalue weighted by atomic mass is 10.00. The Bertz CT molecular complexity index is 841. The number of benzene rings is 2. The van der Waals surface area contributed by atoms with E-state index < -0.39 is 0 Å². The first-order valence-corrected chi connectivity index (χ1v) is 9.72. The Morgan fingerprint density at radius 1 is 1.11 bits per heavy atom. The molecule has 0 atom stereocenters. The second-order valence-corrected chi connectivity index (χ2v) is 6.89. The van der Waals surface area contributed by atoms with E-state index in [0.29, 0.717) is 0 Å². The number of rotatable bonds is 5. The van der Waals surface area contributed by atoms with Crippen LogP contribution in [0.1, 0.15) is 24.5 Å². The van der Waals surface area contributed by atoms with Crippen molar-refractivity contribution in [3.8, 4) is 0 Å². The van der Waals surface area contributed by atoms with Crippen LogP contribution in [0.4, 0.5) is 5.69 Å². The summed E-state index contributed by atoms with van der Waals surface area (Å²) >= 11 is 0. The number of hydrogen-bond donors (Lipinski definition) is 2. The smallest absolute Gasteiger partial charge is 0.221 e. The van der Waals surface area contributed by atoms with E-state index in [0.717, 1.165) is 44.1 Å². The van der Waals surface area contributed by atoms with Gasteiger partial charge in [-0.05, 0) is 41.7 Å². The molecule has 0 unspecified atom stereocenters. The highest BCUT2D eigenvalue weighted by molar-refractivity contribution is 5.88. The lowest BCUT2D eigenvalue weighted by Gasteiger charge is -2.29. The molecule has 2 aromatic carbocycles. The molecule has 1 heterocycles. The Morgan fingerprint density at radius 3 is 2.46 bits per heavy atom. The Morgan fingerprint density at radius 2 is 1.86 bits per heavy atom. The summed E-state index contributed by atoms with van der Waals surface area (Å²) in [5, 5.41) is 6.25. The zero-order valence-corrected chi connectivity index (χ0v) is 16.6. The highest BCUT2D eigenvalue weighted by Gasteiger charge is 2.15. The first-order valence-electron chi connectivity index (χ1n) is 9.72. The highest BCUT2D eigenvalue weighted by atomic mass is 16.1. The van der Waals surface area contributed by atoms with E-state index in [1.807, 2.05) is 31.3 Å². The summed E-state index contributed by atoms with van der Waals surface area (Å²) in [7, 11) is 1.83. The Hall–Kier alpha value is -3.08. The molecule has 1 aliphatic rings.